The van der Waals surface area contributed by atoms with Gasteiger partial charge in [-0.25, -0.2) is 9.97 Å². The third-order valence-electron chi connectivity index (χ3n) is 2.50. The molecule has 0 saturated heterocycles. The van der Waals surface area contributed by atoms with E-state index in [0.29, 0.717) is 12.1 Å². The molecule has 0 aliphatic heterocycles. The van der Waals surface area contributed by atoms with Gasteiger partial charge < -0.3 is 5.32 Å². The van der Waals surface area contributed by atoms with E-state index >= 15 is 0 Å². The number of aryl methyl sites for hydroxylation is 1. The highest BCUT2D eigenvalue weighted by Crippen LogP contribution is 2.32. The largest absolute Gasteiger partial charge is 0.365 e. The Morgan fingerprint density at radius 1 is 1.37 bits per heavy atom. The summed E-state index contributed by atoms with van der Waals surface area (Å²) in [6.45, 7) is 4.26. The lowest BCUT2D eigenvalue weighted by Gasteiger charge is -2.07. The number of nitrogens with one attached hydrogen (secondary N) is 1. The van der Waals surface area contributed by atoms with Gasteiger partial charge in [0.25, 0.3) is 0 Å². The van der Waals surface area contributed by atoms with Gasteiger partial charge in [-0.05, 0) is 25.5 Å². The van der Waals surface area contributed by atoms with Gasteiger partial charge in [0, 0.05) is 24.5 Å². The Morgan fingerprint density at radius 3 is 2.79 bits per heavy atom. The first kappa shape index (κ1) is 12.9. The van der Waals surface area contributed by atoms with Crippen molar-refractivity contribution >= 4 is 11.5 Å². The molecule has 2 aromatic rings. The highest BCUT2D eigenvalue weighted by molar-refractivity contribution is 5.76. The molecular formula is C12H13N5O2. The van der Waals surface area contributed by atoms with Gasteiger partial charge in [-0.3, -0.25) is 15.1 Å². The minimum absolute atomic E-state index is 0.128. The molecule has 2 heterocycles. The average Bonchev–Trinajstić information content (AvgIpc) is 2.38. The van der Waals surface area contributed by atoms with Crippen LogP contribution in [0.1, 0.15) is 12.5 Å². The predicted octanol–water partition coefficient (Wildman–Crippen LogP) is 2.19. The fourth-order valence-electron chi connectivity index (χ4n) is 1.74. The monoisotopic (exact) mass is 259 g/mol. The van der Waals surface area contributed by atoms with Crippen LogP contribution in [-0.2, 0) is 0 Å². The van der Waals surface area contributed by atoms with E-state index in [2.05, 4.69) is 20.3 Å². The van der Waals surface area contributed by atoms with Crippen LogP contribution in [0.5, 0.6) is 0 Å². The van der Waals surface area contributed by atoms with E-state index in [9.17, 15) is 10.1 Å². The number of hydrogen-bond acceptors (Lipinski definition) is 6. The number of anilines is 1. The topological polar surface area (TPSA) is 93.8 Å². The van der Waals surface area contributed by atoms with E-state index in [1.54, 1.807) is 18.5 Å². The normalized spacial score (nSPS) is 10.2. The van der Waals surface area contributed by atoms with Crippen LogP contribution in [0.15, 0.2) is 24.8 Å². The van der Waals surface area contributed by atoms with Crippen LogP contribution < -0.4 is 5.32 Å². The second kappa shape index (κ2) is 5.38. The second-order valence-corrected chi connectivity index (χ2v) is 3.96. The zero-order valence-corrected chi connectivity index (χ0v) is 10.6. The zero-order valence-electron chi connectivity index (χ0n) is 10.6. The molecule has 7 nitrogen and oxygen atoms in total. The van der Waals surface area contributed by atoms with Crippen molar-refractivity contribution in [1.82, 2.24) is 15.0 Å². The lowest BCUT2D eigenvalue weighted by atomic mass is 10.1. The van der Waals surface area contributed by atoms with Gasteiger partial charge in [0.2, 0.25) is 5.82 Å². The lowest BCUT2D eigenvalue weighted by molar-refractivity contribution is -0.383. The summed E-state index contributed by atoms with van der Waals surface area (Å²) in [6.07, 6.45) is 4.54. The molecule has 7 heteroatoms. The number of rotatable bonds is 4. The van der Waals surface area contributed by atoms with Gasteiger partial charge in [-0.1, -0.05) is 0 Å². The SMILES string of the molecule is CCNc1ncnc(-c2cncc(C)c2)c1[N+](=O)[O-]. The van der Waals surface area contributed by atoms with Gasteiger partial charge in [0.1, 0.15) is 6.33 Å². The zero-order chi connectivity index (χ0) is 13.8. The standard InChI is InChI=1S/C12H13N5O2/c1-3-14-12-11(17(18)19)10(15-7-16-12)9-4-8(2)5-13-6-9/h4-7H,3H2,1-2H3,(H,14,15,16). The van der Waals surface area contributed by atoms with Crippen LogP contribution in [0.25, 0.3) is 11.3 Å². The molecule has 0 aliphatic carbocycles. The fraction of sp³-hybridized carbons (Fsp3) is 0.250. The van der Waals surface area contributed by atoms with Crippen molar-refractivity contribution in [3.05, 3.63) is 40.5 Å². The molecular weight excluding hydrogens is 246 g/mol. The first-order valence-corrected chi connectivity index (χ1v) is 5.78. The maximum Gasteiger partial charge on any atom is 0.337 e. The first-order valence-electron chi connectivity index (χ1n) is 5.78. The van der Waals surface area contributed by atoms with Gasteiger partial charge in [-0.15, -0.1) is 0 Å². The molecule has 19 heavy (non-hydrogen) atoms. The van der Waals surface area contributed by atoms with Crippen LogP contribution >= 0.6 is 0 Å². The molecule has 98 valence electrons. The summed E-state index contributed by atoms with van der Waals surface area (Å²) in [7, 11) is 0. The second-order valence-electron chi connectivity index (χ2n) is 3.96. The molecule has 0 spiro atoms. The molecule has 0 unspecified atom stereocenters. The predicted molar refractivity (Wildman–Crippen MR) is 70.8 cm³/mol. The molecule has 1 N–H and O–H groups in total. The number of aromatic nitrogens is 3. The third kappa shape index (κ3) is 2.65. The van der Waals surface area contributed by atoms with Crippen molar-refractivity contribution in [3.8, 4) is 11.3 Å². The van der Waals surface area contributed by atoms with Crippen molar-refractivity contribution in [3.63, 3.8) is 0 Å². The van der Waals surface area contributed by atoms with Gasteiger partial charge in [-0.2, -0.15) is 0 Å². The van der Waals surface area contributed by atoms with E-state index in [1.165, 1.54) is 6.33 Å². The summed E-state index contributed by atoms with van der Waals surface area (Å²) in [6, 6.07) is 1.80. The molecule has 2 rings (SSSR count). The Labute approximate surface area is 109 Å². The molecule has 0 aromatic carbocycles. The van der Waals surface area contributed by atoms with E-state index in [1.807, 2.05) is 13.8 Å². The number of hydrogen-bond donors (Lipinski definition) is 1. The number of pyridine rings is 1. The van der Waals surface area contributed by atoms with Crippen molar-refractivity contribution in [2.45, 2.75) is 13.8 Å². The quantitative estimate of drug-likeness (QED) is 0.668. The summed E-state index contributed by atoms with van der Waals surface area (Å²) >= 11 is 0. The Bertz CT molecular complexity index is 615. The lowest BCUT2D eigenvalue weighted by Crippen LogP contribution is -2.06. The maximum absolute atomic E-state index is 11.2. The van der Waals surface area contributed by atoms with Crippen LogP contribution in [0.3, 0.4) is 0 Å². The molecule has 0 aliphatic rings. The summed E-state index contributed by atoms with van der Waals surface area (Å²) in [5.74, 6) is 0.221. The van der Waals surface area contributed by atoms with Crippen molar-refractivity contribution < 1.29 is 4.92 Å². The highest BCUT2D eigenvalue weighted by atomic mass is 16.6. The van der Waals surface area contributed by atoms with Crippen LogP contribution in [0.4, 0.5) is 11.5 Å². The van der Waals surface area contributed by atoms with E-state index in [-0.39, 0.29) is 17.2 Å². The number of nitrogens with zero attached hydrogens (tertiary/aromatic N) is 4. The molecule has 0 saturated carbocycles. The molecule has 0 fully saturated rings. The average molecular weight is 259 g/mol. The summed E-state index contributed by atoms with van der Waals surface area (Å²) < 4.78 is 0. The van der Waals surface area contributed by atoms with Crippen LogP contribution in [-0.4, -0.2) is 26.4 Å². The Morgan fingerprint density at radius 2 is 2.16 bits per heavy atom. The van der Waals surface area contributed by atoms with E-state index in [4.69, 9.17) is 0 Å². The molecule has 0 radical (unpaired) electrons. The molecule has 0 atom stereocenters. The van der Waals surface area contributed by atoms with E-state index < -0.39 is 4.92 Å². The van der Waals surface area contributed by atoms with Crippen molar-refractivity contribution in [2.24, 2.45) is 0 Å². The fourth-order valence-corrected chi connectivity index (χ4v) is 1.74. The third-order valence-corrected chi connectivity index (χ3v) is 2.50. The highest BCUT2D eigenvalue weighted by Gasteiger charge is 2.23. The molecule has 0 amide bonds. The van der Waals surface area contributed by atoms with Crippen molar-refractivity contribution in [2.75, 3.05) is 11.9 Å². The molecule has 2 aromatic heterocycles. The first-order chi connectivity index (χ1) is 9.13. The van der Waals surface area contributed by atoms with Gasteiger partial charge >= 0.3 is 5.69 Å². The minimum Gasteiger partial charge on any atom is -0.365 e. The minimum atomic E-state index is -0.477. The summed E-state index contributed by atoms with van der Waals surface area (Å²) in [4.78, 5) is 22.7. The number of nitro groups is 1. The van der Waals surface area contributed by atoms with Gasteiger partial charge in [0.15, 0.2) is 5.69 Å². The summed E-state index contributed by atoms with van der Waals surface area (Å²) in [5.41, 5.74) is 1.66. The van der Waals surface area contributed by atoms with Crippen LogP contribution in [0, 0.1) is 17.0 Å². The summed E-state index contributed by atoms with van der Waals surface area (Å²) in [5, 5.41) is 14.1. The smallest absolute Gasteiger partial charge is 0.337 e. The maximum atomic E-state index is 11.2. The Hall–Kier alpha value is -2.57. The Kier molecular flexibility index (Phi) is 3.65. The van der Waals surface area contributed by atoms with Gasteiger partial charge in [0.05, 0.1) is 4.92 Å². The van der Waals surface area contributed by atoms with E-state index in [0.717, 1.165) is 5.56 Å². The van der Waals surface area contributed by atoms with Crippen molar-refractivity contribution in [1.29, 1.82) is 0 Å². The Balaban J connectivity index is 2.62. The molecule has 0 bridgehead atoms. The van der Waals surface area contributed by atoms with Crippen LogP contribution in [0.2, 0.25) is 0 Å².